The second-order valence-corrected chi connectivity index (χ2v) is 2.90. The first-order chi connectivity index (χ1) is 6.74. The van der Waals surface area contributed by atoms with Gasteiger partial charge in [-0.1, -0.05) is 24.3 Å². The highest BCUT2D eigenvalue weighted by Gasteiger charge is 2.12. The van der Waals surface area contributed by atoms with Crippen LogP contribution in [0.4, 0.5) is 5.69 Å². The third-order valence-electron chi connectivity index (χ3n) is 1.73. The molecule has 0 heterocycles. The fourth-order valence-corrected chi connectivity index (χ4v) is 1.01. The van der Waals surface area contributed by atoms with Crippen molar-refractivity contribution in [1.29, 1.82) is 0 Å². The van der Waals surface area contributed by atoms with Gasteiger partial charge in [-0.15, -0.1) is 6.58 Å². The quantitative estimate of drug-likeness (QED) is 0.709. The number of aliphatic hydroxyl groups excluding tert-OH is 1. The Hall–Kier alpha value is -1.61. The number of carbonyl (C=O) groups is 1. The summed E-state index contributed by atoms with van der Waals surface area (Å²) in [5.74, 6) is -0.406. The van der Waals surface area contributed by atoms with Crippen molar-refractivity contribution in [3.05, 3.63) is 43.0 Å². The van der Waals surface area contributed by atoms with E-state index < -0.39 is 12.0 Å². The molecule has 0 aliphatic carbocycles. The molecule has 1 amide bonds. The van der Waals surface area contributed by atoms with E-state index >= 15 is 0 Å². The lowest BCUT2D eigenvalue weighted by molar-refractivity contribution is -0.123. The number of benzene rings is 1. The molecule has 0 saturated carbocycles. The Labute approximate surface area is 83.1 Å². The molecule has 0 aliphatic heterocycles. The maximum Gasteiger partial charge on any atom is 0.253 e. The molecule has 0 radical (unpaired) electrons. The molecular weight excluding hydrogens is 178 g/mol. The number of carbonyl (C=O) groups excluding carboxylic acids is 1. The van der Waals surface area contributed by atoms with Crippen LogP contribution in [0.2, 0.25) is 0 Å². The van der Waals surface area contributed by atoms with Crippen molar-refractivity contribution >= 4 is 11.6 Å². The van der Waals surface area contributed by atoms with Crippen LogP contribution >= 0.6 is 0 Å². The minimum absolute atomic E-state index is 0.263. The van der Waals surface area contributed by atoms with E-state index in [4.69, 9.17) is 0 Å². The van der Waals surface area contributed by atoms with Gasteiger partial charge in [0.25, 0.3) is 5.91 Å². The zero-order chi connectivity index (χ0) is 10.4. The Kier molecular flexibility index (Phi) is 3.88. The van der Waals surface area contributed by atoms with Crippen molar-refractivity contribution in [3.8, 4) is 0 Å². The van der Waals surface area contributed by atoms with Crippen LogP contribution in [-0.4, -0.2) is 17.1 Å². The molecule has 0 aliphatic rings. The maximum atomic E-state index is 11.3. The molecule has 3 nitrogen and oxygen atoms in total. The fraction of sp³-hybridized carbons (Fsp3) is 0.182. The van der Waals surface area contributed by atoms with Gasteiger partial charge in [-0.05, 0) is 12.1 Å². The number of hydrogen-bond acceptors (Lipinski definition) is 2. The van der Waals surface area contributed by atoms with Crippen LogP contribution in [0.25, 0.3) is 0 Å². The van der Waals surface area contributed by atoms with Gasteiger partial charge in [-0.2, -0.15) is 0 Å². The number of para-hydroxylation sites is 1. The average Bonchev–Trinajstić information content (AvgIpc) is 2.19. The minimum atomic E-state index is -1.02. The molecule has 74 valence electrons. The summed E-state index contributed by atoms with van der Waals surface area (Å²) in [6.45, 7) is 3.45. The van der Waals surface area contributed by atoms with E-state index in [1.165, 1.54) is 6.08 Å². The number of rotatable bonds is 4. The van der Waals surface area contributed by atoms with Crippen molar-refractivity contribution in [2.75, 3.05) is 5.32 Å². The smallest absolute Gasteiger partial charge is 0.253 e. The first kappa shape index (κ1) is 10.5. The van der Waals surface area contributed by atoms with Crippen LogP contribution in [0.3, 0.4) is 0 Å². The Bertz CT molecular complexity index is 308. The number of anilines is 1. The second kappa shape index (κ2) is 5.19. The molecule has 0 spiro atoms. The Morgan fingerprint density at radius 1 is 1.50 bits per heavy atom. The molecule has 2 N–H and O–H groups in total. The standard InChI is InChI=1S/C11H13NO2/c1-2-6-10(13)11(14)12-9-7-4-3-5-8-9/h2-5,7-8,10,13H,1,6H2,(H,12,14)/t10-/m0/s1. The van der Waals surface area contributed by atoms with E-state index in [0.29, 0.717) is 5.69 Å². The Morgan fingerprint density at radius 2 is 2.14 bits per heavy atom. The first-order valence-electron chi connectivity index (χ1n) is 4.39. The van der Waals surface area contributed by atoms with E-state index in [-0.39, 0.29) is 6.42 Å². The maximum absolute atomic E-state index is 11.3. The lowest BCUT2D eigenvalue weighted by Crippen LogP contribution is -2.26. The summed E-state index contributed by atoms with van der Waals surface area (Å²) >= 11 is 0. The summed E-state index contributed by atoms with van der Waals surface area (Å²) in [5.41, 5.74) is 0.681. The van der Waals surface area contributed by atoms with Crippen molar-refractivity contribution in [2.45, 2.75) is 12.5 Å². The third kappa shape index (κ3) is 3.03. The summed E-state index contributed by atoms with van der Waals surface area (Å²) in [6.07, 6.45) is 0.751. The highest BCUT2D eigenvalue weighted by Crippen LogP contribution is 2.06. The van der Waals surface area contributed by atoms with Crippen LogP contribution in [0.15, 0.2) is 43.0 Å². The van der Waals surface area contributed by atoms with Crippen LogP contribution in [0, 0.1) is 0 Å². The topological polar surface area (TPSA) is 49.3 Å². The summed E-state index contributed by atoms with van der Waals surface area (Å²) in [4.78, 5) is 11.3. The molecule has 0 saturated heterocycles. The van der Waals surface area contributed by atoms with Crippen LogP contribution in [0.1, 0.15) is 6.42 Å². The van der Waals surface area contributed by atoms with E-state index in [1.807, 2.05) is 18.2 Å². The second-order valence-electron chi connectivity index (χ2n) is 2.90. The van der Waals surface area contributed by atoms with Crippen molar-refractivity contribution in [2.24, 2.45) is 0 Å². The molecule has 1 aromatic rings. The lowest BCUT2D eigenvalue weighted by Gasteiger charge is -2.08. The number of hydrogen-bond donors (Lipinski definition) is 2. The number of amides is 1. The summed E-state index contributed by atoms with van der Waals surface area (Å²) in [5, 5.41) is 11.9. The molecular formula is C11H13NO2. The molecule has 3 heteroatoms. The van der Waals surface area contributed by atoms with Crippen molar-refractivity contribution < 1.29 is 9.90 Å². The molecule has 0 fully saturated rings. The summed E-state index contributed by atoms with van der Waals surface area (Å²) in [7, 11) is 0. The van der Waals surface area contributed by atoms with Gasteiger partial charge in [0.15, 0.2) is 0 Å². The van der Waals surface area contributed by atoms with E-state index in [2.05, 4.69) is 11.9 Å². The van der Waals surface area contributed by atoms with E-state index in [9.17, 15) is 9.90 Å². The van der Waals surface area contributed by atoms with Crippen LogP contribution in [-0.2, 0) is 4.79 Å². The summed E-state index contributed by atoms with van der Waals surface area (Å²) < 4.78 is 0. The van der Waals surface area contributed by atoms with Crippen LogP contribution < -0.4 is 5.32 Å². The highest BCUT2D eigenvalue weighted by molar-refractivity contribution is 5.93. The molecule has 0 bridgehead atoms. The van der Waals surface area contributed by atoms with Gasteiger partial charge >= 0.3 is 0 Å². The number of nitrogens with one attached hydrogen (secondary N) is 1. The largest absolute Gasteiger partial charge is 0.383 e. The van der Waals surface area contributed by atoms with E-state index in [0.717, 1.165) is 0 Å². The summed E-state index contributed by atoms with van der Waals surface area (Å²) in [6, 6.07) is 9.01. The predicted molar refractivity (Wildman–Crippen MR) is 55.9 cm³/mol. The van der Waals surface area contributed by atoms with Crippen LogP contribution in [0.5, 0.6) is 0 Å². The average molecular weight is 191 g/mol. The van der Waals surface area contributed by atoms with Gasteiger partial charge in [0, 0.05) is 12.1 Å². The zero-order valence-corrected chi connectivity index (χ0v) is 7.81. The molecule has 0 aromatic heterocycles. The predicted octanol–water partition coefficient (Wildman–Crippen LogP) is 1.56. The monoisotopic (exact) mass is 191 g/mol. The van der Waals surface area contributed by atoms with Gasteiger partial charge < -0.3 is 10.4 Å². The normalized spacial score (nSPS) is 11.8. The molecule has 1 aromatic carbocycles. The highest BCUT2D eigenvalue weighted by atomic mass is 16.3. The van der Waals surface area contributed by atoms with Gasteiger partial charge in [-0.25, -0.2) is 0 Å². The molecule has 1 rings (SSSR count). The molecule has 1 atom stereocenters. The van der Waals surface area contributed by atoms with Gasteiger partial charge in [0.05, 0.1) is 0 Å². The van der Waals surface area contributed by atoms with Gasteiger partial charge in [0.1, 0.15) is 6.10 Å². The van der Waals surface area contributed by atoms with Crippen molar-refractivity contribution in [1.82, 2.24) is 0 Å². The minimum Gasteiger partial charge on any atom is -0.383 e. The lowest BCUT2D eigenvalue weighted by atomic mass is 10.2. The van der Waals surface area contributed by atoms with Gasteiger partial charge in [0.2, 0.25) is 0 Å². The van der Waals surface area contributed by atoms with Crippen molar-refractivity contribution in [3.63, 3.8) is 0 Å². The van der Waals surface area contributed by atoms with E-state index in [1.54, 1.807) is 12.1 Å². The Balaban J connectivity index is 2.53. The zero-order valence-electron chi connectivity index (χ0n) is 7.81. The fourth-order valence-electron chi connectivity index (χ4n) is 1.01. The SMILES string of the molecule is C=CC[C@H](O)C(=O)Nc1ccccc1. The molecule has 14 heavy (non-hydrogen) atoms. The molecule has 0 unspecified atom stereocenters. The third-order valence-corrected chi connectivity index (χ3v) is 1.73. The van der Waals surface area contributed by atoms with Gasteiger partial charge in [-0.3, -0.25) is 4.79 Å². The Morgan fingerprint density at radius 3 is 2.71 bits per heavy atom. The number of aliphatic hydroxyl groups is 1. The first-order valence-corrected chi connectivity index (χ1v) is 4.39.